The summed E-state index contributed by atoms with van der Waals surface area (Å²) in [6, 6.07) is 20.1. The summed E-state index contributed by atoms with van der Waals surface area (Å²) in [6.07, 6.45) is 5.44. The molecule has 52 heavy (non-hydrogen) atoms. The Labute approximate surface area is 318 Å². The fourth-order valence-electron chi connectivity index (χ4n) is 9.20. The Hall–Kier alpha value is -4.35. The molecule has 4 aliphatic rings. The van der Waals surface area contributed by atoms with Gasteiger partial charge in [0, 0.05) is 34.8 Å². The number of ketones is 2. The Morgan fingerprint density at radius 3 is 2.29 bits per heavy atom. The zero-order valence-corrected chi connectivity index (χ0v) is 31.6. The van der Waals surface area contributed by atoms with Crippen LogP contribution in [0.4, 0.5) is 0 Å². The molecule has 1 heterocycles. The highest BCUT2D eigenvalue weighted by Gasteiger charge is 2.66. The van der Waals surface area contributed by atoms with Crippen molar-refractivity contribution in [3.63, 3.8) is 0 Å². The largest absolute Gasteiger partial charge is 0.503 e. The number of carboxylic acid groups (broad SMARTS) is 1. The number of benzene rings is 3. The van der Waals surface area contributed by atoms with Gasteiger partial charge in [-0.15, -0.1) is 0 Å². The van der Waals surface area contributed by atoms with Crippen LogP contribution in [0.1, 0.15) is 61.1 Å². The molecule has 3 aromatic rings. The van der Waals surface area contributed by atoms with Gasteiger partial charge in [-0.05, 0) is 92.3 Å². The first kappa shape index (κ1) is 36.0. The van der Waals surface area contributed by atoms with Crippen molar-refractivity contribution in [1.82, 2.24) is 4.90 Å². The number of Topliss-reactive ketones (excluding diaryl/α,β-unsaturated/α-hetero) is 1. The Kier molecular flexibility index (Phi) is 9.86. The molecule has 1 saturated heterocycles. The molecular weight excluding hydrogens is 794 g/mol. The number of ether oxygens (including phenoxy) is 1. The number of carboxylic acids is 1. The van der Waals surface area contributed by atoms with Crippen LogP contribution in [0.5, 0.6) is 11.5 Å². The first-order valence-corrected chi connectivity index (χ1v) is 19.0. The third kappa shape index (κ3) is 5.67. The maximum Gasteiger partial charge on any atom is 0.303 e. The highest BCUT2D eigenvalue weighted by Crippen LogP contribution is 2.65. The van der Waals surface area contributed by atoms with E-state index in [0.717, 1.165) is 5.57 Å². The van der Waals surface area contributed by atoms with Crippen molar-refractivity contribution in [2.75, 3.05) is 13.7 Å². The number of aromatic hydroxyl groups is 1. The summed E-state index contributed by atoms with van der Waals surface area (Å²) in [7, 11) is 1.44. The number of likely N-dealkylation sites (tertiary alicyclic amines) is 1. The molecule has 9 nitrogen and oxygen atoms in total. The van der Waals surface area contributed by atoms with Gasteiger partial charge >= 0.3 is 5.97 Å². The number of imide groups is 1. The number of fused-ring (bicyclic) bond motifs is 4. The number of carbonyl (C=O) groups excluding carboxylic acids is 4. The molecule has 6 unspecified atom stereocenters. The standard InChI is InChI=1S/C41H37Br2NO8/c1-52-30-20-28(35(42)36(43)38(30)49)34-24-16-17-25-33(40(51)44(39(25)50)18-10-4-9-15-32(46)47)27(24)19-29-37(48)26(22-11-5-2-6-12-22)21-31(45)41(29,34)23-13-7-3-8-14-23/h2-3,5-8,11-14,16,20-21,25,27,29,33-34,49H,4,9-10,15,17-19H2,1H3,(H,46,47). The molecule has 0 bridgehead atoms. The molecule has 2 fully saturated rings. The van der Waals surface area contributed by atoms with Crippen LogP contribution >= 0.6 is 31.9 Å². The maximum absolute atomic E-state index is 15.2. The number of hydrogen-bond donors (Lipinski definition) is 2. The minimum absolute atomic E-state index is 0.0221. The molecule has 0 radical (unpaired) electrons. The summed E-state index contributed by atoms with van der Waals surface area (Å²) in [4.78, 5) is 70.9. The van der Waals surface area contributed by atoms with Crippen LogP contribution in [-0.4, -0.2) is 58.1 Å². The number of methoxy groups -OCH3 is 1. The molecule has 6 atom stereocenters. The van der Waals surface area contributed by atoms with Gasteiger partial charge in [-0.1, -0.05) is 78.7 Å². The molecule has 2 amide bonds. The van der Waals surface area contributed by atoms with Gasteiger partial charge in [0.25, 0.3) is 0 Å². The third-order valence-corrected chi connectivity index (χ3v) is 13.6. The van der Waals surface area contributed by atoms with E-state index in [1.807, 2.05) is 54.6 Å². The molecular formula is C41H37Br2NO8. The first-order chi connectivity index (χ1) is 25.0. The number of allylic oxidation sites excluding steroid dienone is 4. The summed E-state index contributed by atoms with van der Waals surface area (Å²) >= 11 is 7.23. The fraction of sp³-hybridized carbons (Fsp3) is 0.341. The van der Waals surface area contributed by atoms with Crippen LogP contribution in [-0.2, 0) is 29.4 Å². The van der Waals surface area contributed by atoms with Crippen LogP contribution in [0.25, 0.3) is 5.57 Å². The topological polar surface area (TPSA) is 138 Å². The van der Waals surface area contributed by atoms with Gasteiger partial charge in [0.2, 0.25) is 11.8 Å². The van der Waals surface area contributed by atoms with Crippen LogP contribution in [0.2, 0.25) is 0 Å². The minimum Gasteiger partial charge on any atom is -0.503 e. The molecule has 268 valence electrons. The summed E-state index contributed by atoms with van der Waals surface area (Å²) in [6.45, 7) is 0.194. The van der Waals surface area contributed by atoms with E-state index in [1.54, 1.807) is 18.2 Å². The predicted octanol–water partition coefficient (Wildman–Crippen LogP) is 7.40. The minimum atomic E-state index is -1.44. The van der Waals surface area contributed by atoms with Gasteiger partial charge in [-0.2, -0.15) is 0 Å². The number of unbranched alkanes of at least 4 members (excludes halogenated alkanes) is 2. The SMILES string of the molecule is COc1cc(C2C3=CCC4C(=O)N(CCCCCC(=O)O)C(=O)C4C3CC3C(=O)C(c4ccccc4)=CC(=O)C32c2ccccc2)c(Br)c(Br)c1O. The molecule has 1 aliphatic heterocycles. The summed E-state index contributed by atoms with van der Waals surface area (Å²) in [5, 5.41) is 20.0. The number of phenols is 1. The Morgan fingerprint density at radius 1 is 0.923 bits per heavy atom. The Balaban J connectivity index is 1.42. The van der Waals surface area contributed by atoms with Gasteiger partial charge < -0.3 is 14.9 Å². The number of halogens is 2. The van der Waals surface area contributed by atoms with Crippen molar-refractivity contribution in [1.29, 1.82) is 0 Å². The summed E-state index contributed by atoms with van der Waals surface area (Å²) in [5.74, 6) is -5.49. The van der Waals surface area contributed by atoms with Gasteiger partial charge in [-0.25, -0.2) is 0 Å². The number of carbonyl (C=O) groups is 5. The van der Waals surface area contributed by atoms with Crippen molar-refractivity contribution < 1.29 is 38.9 Å². The van der Waals surface area contributed by atoms with E-state index in [1.165, 1.54) is 18.1 Å². The van der Waals surface area contributed by atoms with Crippen molar-refractivity contribution in [2.24, 2.45) is 23.7 Å². The number of nitrogens with zero attached hydrogens (tertiary/aromatic N) is 1. The van der Waals surface area contributed by atoms with Gasteiger partial charge in [0.1, 0.15) is 0 Å². The van der Waals surface area contributed by atoms with Crippen molar-refractivity contribution >= 4 is 66.8 Å². The smallest absolute Gasteiger partial charge is 0.303 e. The highest BCUT2D eigenvalue weighted by molar-refractivity contribution is 9.13. The van der Waals surface area contributed by atoms with Crippen LogP contribution in [0.3, 0.4) is 0 Å². The molecule has 0 spiro atoms. The van der Waals surface area contributed by atoms with E-state index in [4.69, 9.17) is 9.84 Å². The Morgan fingerprint density at radius 2 is 1.62 bits per heavy atom. The van der Waals surface area contributed by atoms with Gasteiger partial charge in [0.15, 0.2) is 23.1 Å². The Bertz CT molecular complexity index is 2040. The fourth-order valence-corrected chi connectivity index (χ4v) is 10.2. The molecule has 1 saturated carbocycles. The van der Waals surface area contributed by atoms with Crippen LogP contribution in [0, 0.1) is 23.7 Å². The second-order valence-corrected chi connectivity index (χ2v) is 15.6. The highest BCUT2D eigenvalue weighted by atomic mass is 79.9. The van der Waals surface area contributed by atoms with E-state index in [0.29, 0.717) is 50.5 Å². The second-order valence-electron chi connectivity index (χ2n) is 14.0. The number of phenolic OH excluding ortho intramolecular Hbond substituents is 1. The normalized spacial score (nSPS) is 26.7. The number of rotatable bonds is 10. The van der Waals surface area contributed by atoms with E-state index in [-0.39, 0.29) is 60.7 Å². The molecule has 3 aliphatic carbocycles. The van der Waals surface area contributed by atoms with Gasteiger partial charge in [-0.3, -0.25) is 28.9 Å². The average molecular weight is 832 g/mol. The lowest BCUT2D eigenvalue weighted by molar-refractivity contribution is -0.141. The third-order valence-electron chi connectivity index (χ3n) is 11.4. The van der Waals surface area contributed by atoms with E-state index in [9.17, 15) is 19.5 Å². The molecule has 11 heteroatoms. The molecule has 7 rings (SSSR count). The maximum atomic E-state index is 15.2. The van der Waals surface area contributed by atoms with E-state index in [2.05, 4.69) is 31.9 Å². The average Bonchev–Trinajstić information content (AvgIpc) is 3.40. The van der Waals surface area contributed by atoms with Crippen molar-refractivity contribution in [3.05, 3.63) is 110 Å². The number of hydrogen-bond acceptors (Lipinski definition) is 7. The molecule has 2 N–H and O–H groups in total. The molecule has 3 aromatic carbocycles. The van der Waals surface area contributed by atoms with Crippen LogP contribution in [0.15, 0.2) is 93.4 Å². The lowest BCUT2D eigenvalue weighted by Gasteiger charge is -2.55. The number of aliphatic carboxylic acids is 1. The van der Waals surface area contributed by atoms with Crippen molar-refractivity contribution in [2.45, 2.75) is 49.9 Å². The molecule has 0 aromatic heterocycles. The number of amides is 2. The summed E-state index contributed by atoms with van der Waals surface area (Å²) < 4.78 is 6.40. The monoisotopic (exact) mass is 829 g/mol. The quantitative estimate of drug-likeness (QED) is 0.123. The second kappa shape index (κ2) is 14.2. The van der Waals surface area contributed by atoms with Gasteiger partial charge in [0.05, 0.1) is 28.8 Å². The predicted molar refractivity (Wildman–Crippen MR) is 199 cm³/mol. The van der Waals surface area contributed by atoms with E-state index >= 15 is 9.59 Å². The van der Waals surface area contributed by atoms with E-state index < -0.39 is 41.0 Å². The summed E-state index contributed by atoms with van der Waals surface area (Å²) in [5.41, 5.74) is 1.53. The van der Waals surface area contributed by atoms with Crippen LogP contribution < -0.4 is 4.74 Å². The lowest BCUT2D eigenvalue weighted by Crippen LogP contribution is -2.59. The van der Waals surface area contributed by atoms with Crippen molar-refractivity contribution in [3.8, 4) is 11.5 Å². The lowest BCUT2D eigenvalue weighted by atomic mass is 9.44. The zero-order valence-electron chi connectivity index (χ0n) is 28.4. The zero-order chi connectivity index (χ0) is 36.9. The first-order valence-electron chi connectivity index (χ1n) is 17.4.